The van der Waals surface area contributed by atoms with Crippen molar-refractivity contribution >= 4 is 15.9 Å². The van der Waals surface area contributed by atoms with E-state index in [1.807, 2.05) is 0 Å². The zero-order chi connectivity index (χ0) is 10.8. The van der Waals surface area contributed by atoms with Crippen molar-refractivity contribution in [2.75, 3.05) is 18.9 Å². The average Bonchev–Trinajstić information content (AvgIpc) is 2.84. The third-order valence-electron chi connectivity index (χ3n) is 3.39. The lowest BCUT2D eigenvalue weighted by Crippen LogP contribution is -2.35. The van der Waals surface area contributed by atoms with Gasteiger partial charge >= 0.3 is 0 Å². The van der Waals surface area contributed by atoms with Crippen LogP contribution < -0.4 is 0 Å². The molecule has 0 spiro atoms. The SMILES string of the molecule is CC(C)CC(C)N(C)CC1(CBr)CC1. The molecule has 1 unspecified atom stereocenters. The highest BCUT2D eigenvalue weighted by Crippen LogP contribution is 2.47. The van der Waals surface area contributed by atoms with E-state index in [-0.39, 0.29) is 0 Å². The van der Waals surface area contributed by atoms with E-state index >= 15 is 0 Å². The van der Waals surface area contributed by atoms with Crippen LogP contribution in [0.15, 0.2) is 0 Å². The maximum atomic E-state index is 3.64. The van der Waals surface area contributed by atoms with Crippen molar-refractivity contribution in [3.63, 3.8) is 0 Å². The van der Waals surface area contributed by atoms with Gasteiger partial charge in [-0.15, -0.1) is 0 Å². The zero-order valence-corrected chi connectivity index (χ0v) is 11.6. The largest absolute Gasteiger partial charge is 0.303 e. The lowest BCUT2D eigenvalue weighted by Gasteiger charge is -2.29. The minimum absolute atomic E-state index is 0.625. The molecule has 1 rings (SSSR count). The molecule has 1 fully saturated rings. The maximum absolute atomic E-state index is 3.64. The Hall–Kier alpha value is 0.440. The fraction of sp³-hybridized carbons (Fsp3) is 1.00. The van der Waals surface area contributed by atoms with Crippen molar-refractivity contribution in [1.82, 2.24) is 4.90 Å². The Labute approximate surface area is 97.4 Å². The Morgan fingerprint density at radius 2 is 1.86 bits per heavy atom. The molecule has 1 atom stereocenters. The fourth-order valence-electron chi connectivity index (χ4n) is 2.06. The summed E-state index contributed by atoms with van der Waals surface area (Å²) in [6, 6.07) is 0.728. The molecule has 0 aromatic carbocycles. The Morgan fingerprint density at radius 3 is 2.21 bits per heavy atom. The molecule has 84 valence electrons. The van der Waals surface area contributed by atoms with Crippen LogP contribution in [0.2, 0.25) is 0 Å². The Kier molecular flexibility index (Phi) is 4.45. The predicted molar refractivity (Wildman–Crippen MR) is 67.0 cm³/mol. The molecule has 14 heavy (non-hydrogen) atoms. The Balaban J connectivity index is 2.30. The number of hydrogen-bond donors (Lipinski definition) is 0. The smallest absolute Gasteiger partial charge is 0.0100 e. The highest BCUT2D eigenvalue weighted by atomic mass is 79.9. The summed E-state index contributed by atoms with van der Waals surface area (Å²) in [7, 11) is 2.27. The molecule has 0 aliphatic heterocycles. The van der Waals surface area contributed by atoms with E-state index < -0.39 is 0 Å². The van der Waals surface area contributed by atoms with Crippen molar-refractivity contribution in [2.24, 2.45) is 11.3 Å². The number of nitrogens with zero attached hydrogens (tertiary/aromatic N) is 1. The van der Waals surface area contributed by atoms with Crippen LogP contribution in [0.1, 0.15) is 40.0 Å². The molecular weight excluding hydrogens is 238 g/mol. The number of hydrogen-bond acceptors (Lipinski definition) is 1. The first-order valence-corrected chi connectivity index (χ1v) is 6.87. The van der Waals surface area contributed by atoms with Gasteiger partial charge in [0.25, 0.3) is 0 Å². The molecule has 0 radical (unpaired) electrons. The Bertz CT molecular complexity index is 175. The van der Waals surface area contributed by atoms with Crippen molar-refractivity contribution < 1.29 is 0 Å². The quantitative estimate of drug-likeness (QED) is 0.662. The molecule has 0 heterocycles. The van der Waals surface area contributed by atoms with Crippen LogP contribution in [0.25, 0.3) is 0 Å². The van der Waals surface area contributed by atoms with Gasteiger partial charge in [-0.2, -0.15) is 0 Å². The topological polar surface area (TPSA) is 3.24 Å². The summed E-state index contributed by atoms with van der Waals surface area (Å²) in [6.07, 6.45) is 4.14. The summed E-state index contributed by atoms with van der Waals surface area (Å²) in [5.41, 5.74) is 0.625. The molecule has 2 heteroatoms. The number of rotatable bonds is 6. The van der Waals surface area contributed by atoms with Gasteiger partial charge in [-0.05, 0) is 44.6 Å². The minimum atomic E-state index is 0.625. The molecule has 0 aromatic heterocycles. The van der Waals surface area contributed by atoms with E-state index in [1.165, 1.54) is 31.1 Å². The summed E-state index contributed by atoms with van der Waals surface area (Å²) in [6.45, 7) is 8.24. The monoisotopic (exact) mass is 261 g/mol. The van der Waals surface area contributed by atoms with Crippen LogP contribution in [0.5, 0.6) is 0 Å². The summed E-state index contributed by atoms with van der Waals surface area (Å²) >= 11 is 3.64. The lowest BCUT2D eigenvalue weighted by atomic mass is 10.0. The first kappa shape index (κ1) is 12.5. The Morgan fingerprint density at radius 1 is 1.29 bits per heavy atom. The van der Waals surface area contributed by atoms with Crippen LogP contribution >= 0.6 is 15.9 Å². The normalized spacial score (nSPS) is 21.6. The molecule has 1 aliphatic carbocycles. The van der Waals surface area contributed by atoms with Gasteiger partial charge in [0.2, 0.25) is 0 Å². The van der Waals surface area contributed by atoms with E-state index in [9.17, 15) is 0 Å². The fourth-order valence-corrected chi connectivity index (χ4v) is 2.80. The van der Waals surface area contributed by atoms with Gasteiger partial charge in [-0.1, -0.05) is 29.8 Å². The van der Waals surface area contributed by atoms with Crippen LogP contribution in [-0.2, 0) is 0 Å². The van der Waals surface area contributed by atoms with E-state index in [1.54, 1.807) is 0 Å². The predicted octanol–water partition coefficient (Wildman–Crippen LogP) is 3.53. The molecule has 1 aliphatic rings. The summed E-state index contributed by atoms with van der Waals surface area (Å²) in [5.74, 6) is 0.812. The molecule has 0 N–H and O–H groups in total. The highest BCUT2D eigenvalue weighted by molar-refractivity contribution is 9.09. The zero-order valence-electron chi connectivity index (χ0n) is 10.0. The van der Waals surface area contributed by atoms with Gasteiger partial charge in [-0.3, -0.25) is 0 Å². The van der Waals surface area contributed by atoms with Crippen molar-refractivity contribution in [3.8, 4) is 0 Å². The standard InChI is InChI=1S/C12H24BrN/c1-10(2)7-11(3)14(4)9-12(8-13)5-6-12/h10-11H,5-9H2,1-4H3. The first-order valence-electron chi connectivity index (χ1n) is 5.75. The third kappa shape index (κ3) is 3.54. The summed E-state index contributed by atoms with van der Waals surface area (Å²) in [5, 5.41) is 1.18. The number of alkyl halides is 1. The van der Waals surface area contributed by atoms with E-state index in [2.05, 4.69) is 48.6 Å². The molecular formula is C12H24BrN. The number of halogens is 1. The van der Waals surface area contributed by atoms with E-state index in [0.29, 0.717) is 5.41 Å². The summed E-state index contributed by atoms with van der Waals surface area (Å²) < 4.78 is 0. The van der Waals surface area contributed by atoms with Crippen LogP contribution in [0, 0.1) is 11.3 Å². The van der Waals surface area contributed by atoms with Crippen LogP contribution in [-0.4, -0.2) is 29.9 Å². The second-order valence-electron chi connectivity index (χ2n) is 5.53. The molecule has 0 bridgehead atoms. The van der Waals surface area contributed by atoms with E-state index in [4.69, 9.17) is 0 Å². The van der Waals surface area contributed by atoms with Crippen molar-refractivity contribution in [1.29, 1.82) is 0 Å². The van der Waals surface area contributed by atoms with Gasteiger partial charge in [0.15, 0.2) is 0 Å². The van der Waals surface area contributed by atoms with Gasteiger partial charge in [-0.25, -0.2) is 0 Å². The van der Waals surface area contributed by atoms with Gasteiger partial charge in [0.1, 0.15) is 0 Å². The molecule has 0 aromatic rings. The van der Waals surface area contributed by atoms with Crippen LogP contribution in [0.4, 0.5) is 0 Å². The van der Waals surface area contributed by atoms with Gasteiger partial charge in [0.05, 0.1) is 0 Å². The van der Waals surface area contributed by atoms with Gasteiger partial charge in [0, 0.05) is 17.9 Å². The average molecular weight is 262 g/mol. The van der Waals surface area contributed by atoms with E-state index in [0.717, 1.165) is 12.0 Å². The van der Waals surface area contributed by atoms with Crippen LogP contribution in [0.3, 0.4) is 0 Å². The maximum Gasteiger partial charge on any atom is 0.0100 e. The molecule has 0 saturated heterocycles. The third-order valence-corrected chi connectivity index (χ3v) is 4.58. The molecule has 1 nitrogen and oxygen atoms in total. The highest BCUT2D eigenvalue weighted by Gasteiger charge is 2.42. The van der Waals surface area contributed by atoms with Gasteiger partial charge < -0.3 is 4.90 Å². The lowest BCUT2D eigenvalue weighted by molar-refractivity contribution is 0.195. The molecule has 1 saturated carbocycles. The van der Waals surface area contributed by atoms with Crippen molar-refractivity contribution in [3.05, 3.63) is 0 Å². The van der Waals surface area contributed by atoms with Crippen molar-refractivity contribution in [2.45, 2.75) is 46.1 Å². The molecule has 0 amide bonds. The minimum Gasteiger partial charge on any atom is -0.303 e. The second-order valence-corrected chi connectivity index (χ2v) is 6.09. The first-order chi connectivity index (χ1) is 6.49. The second kappa shape index (κ2) is 4.98. The summed E-state index contributed by atoms with van der Waals surface area (Å²) in [4.78, 5) is 2.54.